The maximum atomic E-state index is 11.2. The predicted molar refractivity (Wildman–Crippen MR) is 49.8 cm³/mol. The molecule has 0 radical (unpaired) electrons. The number of nitrogens with one attached hydrogen (secondary N) is 1. The van der Waals surface area contributed by atoms with E-state index < -0.39 is 5.38 Å². The van der Waals surface area contributed by atoms with Crippen molar-refractivity contribution in [1.29, 1.82) is 0 Å². The zero-order chi connectivity index (χ0) is 9.84. The Morgan fingerprint density at radius 3 is 3.00 bits per heavy atom. The number of oxazole rings is 1. The van der Waals surface area contributed by atoms with Crippen molar-refractivity contribution < 1.29 is 9.21 Å². The Hall–Kier alpha value is -1.03. The Bertz CT molecular complexity index is 298. The molecule has 0 saturated heterocycles. The Labute approximate surface area is 81.3 Å². The van der Waals surface area contributed by atoms with Crippen LogP contribution in [0.3, 0.4) is 0 Å². The summed E-state index contributed by atoms with van der Waals surface area (Å²) in [6, 6.07) is 0.196. The normalized spacial score (nSPS) is 12.5. The minimum absolute atomic E-state index is 0.196. The number of rotatable bonds is 3. The average Bonchev–Trinajstić information content (AvgIpc) is 2.49. The topological polar surface area (TPSA) is 55.1 Å². The van der Waals surface area contributed by atoms with Gasteiger partial charge in [-0.2, -0.15) is 0 Å². The second-order valence-corrected chi connectivity index (χ2v) is 3.17. The van der Waals surface area contributed by atoms with E-state index in [1.807, 2.05) is 6.92 Å². The molecule has 0 bridgehead atoms. The lowest BCUT2D eigenvalue weighted by atomic mass is 10.3. The molecule has 4 nitrogen and oxygen atoms in total. The summed E-state index contributed by atoms with van der Waals surface area (Å²) >= 11 is 5.69. The maximum absolute atomic E-state index is 11.2. The molecule has 72 valence electrons. The lowest BCUT2D eigenvalue weighted by Gasteiger charge is -2.03. The highest BCUT2D eigenvalue weighted by Crippen LogP contribution is 2.09. The van der Waals surface area contributed by atoms with E-state index in [2.05, 4.69) is 10.3 Å². The molecule has 0 fully saturated rings. The van der Waals surface area contributed by atoms with E-state index in [0.717, 1.165) is 0 Å². The second-order valence-electron chi connectivity index (χ2n) is 2.64. The molecule has 1 rings (SSSR count). The Kier molecular flexibility index (Phi) is 3.31. The van der Waals surface area contributed by atoms with E-state index in [0.29, 0.717) is 12.2 Å². The van der Waals surface area contributed by atoms with Crippen LogP contribution in [0.5, 0.6) is 0 Å². The first-order valence-corrected chi connectivity index (χ1v) is 4.44. The van der Waals surface area contributed by atoms with Crippen LogP contribution < -0.4 is 5.32 Å². The summed E-state index contributed by atoms with van der Waals surface area (Å²) in [7, 11) is 0. The zero-order valence-electron chi connectivity index (χ0n) is 7.50. The summed E-state index contributed by atoms with van der Waals surface area (Å²) in [5, 5.41) is 1.93. The fraction of sp³-hybridized carbons (Fsp3) is 0.500. The van der Waals surface area contributed by atoms with Crippen LogP contribution in [0.2, 0.25) is 0 Å². The van der Waals surface area contributed by atoms with Crippen LogP contribution in [0.1, 0.15) is 19.1 Å². The highest BCUT2D eigenvalue weighted by Gasteiger charge is 2.14. The number of halogens is 1. The summed E-state index contributed by atoms with van der Waals surface area (Å²) in [6.07, 6.45) is 2.11. The molecule has 1 N–H and O–H groups in total. The molecule has 0 aromatic carbocycles. The van der Waals surface area contributed by atoms with Crippen molar-refractivity contribution >= 4 is 23.5 Å². The predicted octanol–water partition coefficient (Wildman–Crippen LogP) is 1.94. The lowest BCUT2D eigenvalue weighted by Crippen LogP contribution is -2.22. The van der Waals surface area contributed by atoms with Crippen molar-refractivity contribution in [2.24, 2.45) is 0 Å². The summed E-state index contributed by atoms with van der Waals surface area (Å²) in [4.78, 5) is 15.0. The van der Waals surface area contributed by atoms with Gasteiger partial charge >= 0.3 is 6.01 Å². The maximum Gasteiger partial charge on any atom is 0.301 e. The molecule has 1 aromatic rings. The van der Waals surface area contributed by atoms with Gasteiger partial charge in [-0.15, -0.1) is 11.6 Å². The molecule has 0 aliphatic heterocycles. The van der Waals surface area contributed by atoms with E-state index in [1.54, 1.807) is 6.92 Å². The second kappa shape index (κ2) is 4.28. The molecular weight excluding hydrogens is 192 g/mol. The zero-order valence-corrected chi connectivity index (χ0v) is 8.26. The number of hydrogen-bond acceptors (Lipinski definition) is 3. The molecule has 0 aliphatic rings. The van der Waals surface area contributed by atoms with Crippen molar-refractivity contribution in [3.8, 4) is 0 Å². The van der Waals surface area contributed by atoms with Crippen molar-refractivity contribution in [3.05, 3.63) is 12.0 Å². The minimum Gasteiger partial charge on any atom is -0.429 e. The molecule has 0 spiro atoms. The van der Waals surface area contributed by atoms with Gasteiger partial charge in [0.1, 0.15) is 11.1 Å². The van der Waals surface area contributed by atoms with Crippen LogP contribution in [0.4, 0.5) is 6.01 Å². The van der Waals surface area contributed by atoms with Crippen molar-refractivity contribution in [3.63, 3.8) is 0 Å². The van der Waals surface area contributed by atoms with Gasteiger partial charge in [0.2, 0.25) is 5.91 Å². The van der Waals surface area contributed by atoms with Crippen LogP contribution in [-0.4, -0.2) is 16.3 Å². The van der Waals surface area contributed by atoms with Crippen LogP contribution in [0, 0.1) is 6.92 Å². The van der Waals surface area contributed by atoms with Gasteiger partial charge in [0.05, 0.1) is 6.20 Å². The summed E-state index contributed by atoms with van der Waals surface area (Å²) in [6.45, 7) is 3.58. The third kappa shape index (κ3) is 2.73. The SMILES string of the molecule is CCC(Cl)C(=O)Nc1ncc(C)o1. The quantitative estimate of drug-likeness (QED) is 0.763. The standard InChI is InChI=1S/C8H11ClN2O2/c1-3-6(9)7(12)11-8-10-4-5(2)13-8/h4,6H,3H2,1-2H3,(H,10,11,12). The molecule has 1 heterocycles. The van der Waals surface area contributed by atoms with Crippen LogP contribution in [0.25, 0.3) is 0 Å². The van der Waals surface area contributed by atoms with Crippen molar-refractivity contribution in [2.75, 3.05) is 5.32 Å². The van der Waals surface area contributed by atoms with Gasteiger partial charge in [-0.25, -0.2) is 4.98 Å². The number of anilines is 1. The number of carbonyl (C=O) groups excluding carboxylic acids is 1. The number of alkyl halides is 1. The van der Waals surface area contributed by atoms with E-state index in [-0.39, 0.29) is 11.9 Å². The molecule has 0 saturated carbocycles. The largest absolute Gasteiger partial charge is 0.429 e. The molecule has 13 heavy (non-hydrogen) atoms. The van der Waals surface area contributed by atoms with Gasteiger partial charge in [-0.1, -0.05) is 6.92 Å². The Morgan fingerprint density at radius 2 is 2.54 bits per heavy atom. The summed E-state index contributed by atoms with van der Waals surface area (Å²) < 4.78 is 5.05. The molecule has 1 unspecified atom stereocenters. The Morgan fingerprint density at radius 1 is 1.85 bits per heavy atom. The number of hydrogen-bond donors (Lipinski definition) is 1. The van der Waals surface area contributed by atoms with Gasteiger partial charge in [-0.3, -0.25) is 10.1 Å². The highest BCUT2D eigenvalue weighted by atomic mass is 35.5. The third-order valence-electron chi connectivity index (χ3n) is 1.49. The first-order valence-electron chi connectivity index (χ1n) is 4.01. The lowest BCUT2D eigenvalue weighted by molar-refractivity contribution is -0.116. The van der Waals surface area contributed by atoms with Crippen LogP contribution >= 0.6 is 11.6 Å². The number of amides is 1. The molecule has 5 heteroatoms. The number of aryl methyl sites for hydroxylation is 1. The highest BCUT2D eigenvalue weighted by molar-refractivity contribution is 6.32. The molecule has 1 aromatic heterocycles. The molecule has 1 amide bonds. The fourth-order valence-corrected chi connectivity index (χ4v) is 0.836. The van der Waals surface area contributed by atoms with E-state index in [9.17, 15) is 4.79 Å². The van der Waals surface area contributed by atoms with E-state index in [4.69, 9.17) is 16.0 Å². The summed E-state index contributed by atoms with van der Waals surface area (Å²) in [5.74, 6) is 0.365. The number of aromatic nitrogens is 1. The van der Waals surface area contributed by atoms with Crippen molar-refractivity contribution in [2.45, 2.75) is 25.6 Å². The van der Waals surface area contributed by atoms with Crippen LogP contribution in [-0.2, 0) is 4.79 Å². The van der Waals surface area contributed by atoms with Gasteiger partial charge in [0.15, 0.2) is 0 Å². The van der Waals surface area contributed by atoms with E-state index in [1.165, 1.54) is 6.20 Å². The monoisotopic (exact) mass is 202 g/mol. The van der Waals surface area contributed by atoms with Gasteiger partial charge in [0, 0.05) is 0 Å². The van der Waals surface area contributed by atoms with Gasteiger partial charge in [0.25, 0.3) is 0 Å². The first kappa shape index (κ1) is 10.1. The average molecular weight is 203 g/mol. The van der Waals surface area contributed by atoms with Crippen LogP contribution in [0.15, 0.2) is 10.6 Å². The van der Waals surface area contributed by atoms with Gasteiger partial charge < -0.3 is 4.42 Å². The number of carbonyl (C=O) groups is 1. The molecule has 0 aliphatic carbocycles. The Balaban J connectivity index is 2.54. The first-order chi connectivity index (χ1) is 6.13. The fourth-order valence-electron chi connectivity index (χ4n) is 0.782. The van der Waals surface area contributed by atoms with Gasteiger partial charge in [-0.05, 0) is 13.3 Å². The minimum atomic E-state index is -0.535. The summed E-state index contributed by atoms with van der Waals surface area (Å²) in [5.41, 5.74) is 0. The van der Waals surface area contributed by atoms with Crippen molar-refractivity contribution in [1.82, 2.24) is 4.98 Å². The number of nitrogens with zero attached hydrogens (tertiary/aromatic N) is 1. The third-order valence-corrected chi connectivity index (χ3v) is 2.00. The smallest absolute Gasteiger partial charge is 0.301 e. The molecule has 1 atom stereocenters. The van der Waals surface area contributed by atoms with E-state index >= 15 is 0 Å². The molecular formula is C8H11ClN2O2.